The van der Waals surface area contributed by atoms with E-state index in [1.54, 1.807) is 27.7 Å². The Morgan fingerprint density at radius 3 is 1.88 bits per heavy atom. The van der Waals surface area contributed by atoms with E-state index in [0.717, 1.165) is 0 Å². The summed E-state index contributed by atoms with van der Waals surface area (Å²) in [6.07, 6.45) is -0.112. The van der Waals surface area contributed by atoms with Gasteiger partial charge in [0.1, 0.15) is 0 Å². The Kier molecular flexibility index (Phi) is 5.67. The standard InChI is InChI=1S/C9H19NO5S.Na/c1-8(2)5-7(15-16(12,13)14)6-9(3,4)10(8)11;/h7,11H,5-6H2,1-4H3,(H,12,13,14);/q;+1/p-1. The van der Waals surface area contributed by atoms with Crippen molar-refractivity contribution in [1.82, 2.24) is 5.06 Å². The Labute approximate surface area is 125 Å². The number of rotatable bonds is 2. The van der Waals surface area contributed by atoms with E-state index in [0.29, 0.717) is 0 Å². The van der Waals surface area contributed by atoms with Crippen molar-refractivity contribution in [3.63, 3.8) is 0 Å². The molecule has 0 aromatic heterocycles. The van der Waals surface area contributed by atoms with Crippen molar-refractivity contribution in [2.45, 2.75) is 57.7 Å². The summed E-state index contributed by atoms with van der Waals surface area (Å²) in [5, 5.41) is 11.1. The molecule has 1 N–H and O–H groups in total. The van der Waals surface area contributed by atoms with E-state index in [4.69, 9.17) is 0 Å². The van der Waals surface area contributed by atoms with Gasteiger partial charge in [-0.05, 0) is 40.5 Å². The SMILES string of the molecule is CC1(C)CC(OS(=O)(=O)[O-])CC(C)(C)N1O.[Na+]. The van der Waals surface area contributed by atoms with Gasteiger partial charge < -0.3 is 9.76 Å². The van der Waals surface area contributed by atoms with Crippen LogP contribution in [0.15, 0.2) is 0 Å². The third-order valence-corrected chi connectivity index (χ3v) is 3.36. The molecule has 0 amide bonds. The van der Waals surface area contributed by atoms with Crippen molar-refractivity contribution in [2.75, 3.05) is 0 Å². The summed E-state index contributed by atoms with van der Waals surface area (Å²) < 4.78 is 36.1. The van der Waals surface area contributed by atoms with Crippen molar-refractivity contribution in [1.29, 1.82) is 0 Å². The zero-order valence-corrected chi connectivity index (χ0v) is 13.7. The average Bonchev–Trinajstić information content (AvgIpc) is 1.95. The van der Waals surface area contributed by atoms with Gasteiger partial charge in [0.15, 0.2) is 0 Å². The van der Waals surface area contributed by atoms with E-state index in [1.165, 1.54) is 5.06 Å². The molecule has 1 aliphatic rings. The van der Waals surface area contributed by atoms with E-state index in [-0.39, 0.29) is 42.4 Å². The summed E-state index contributed by atoms with van der Waals surface area (Å²) in [4.78, 5) is 0. The summed E-state index contributed by atoms with van der Waals surface area (Å²) in [5.41, 5.74) is -1.26. The first-order valence-corrected chi connectivity index (χ1v) is 6.41. The van der Waals surface area contributed by atoms with Crippen molar-refractivity contribution in [2.24, 2.45) is 0 Å². The first kappa shape index (κ1) is 17.8. The maximum absolute atomic E-state index is 10.5. The molecular formula is C9H18NNaO5S. The van der Waals surface area contributed by atoms with Gasteiger partial charge in [-0.2, -0.15) is 5.06 Å². The molecule has 1 aliphatic heterocycles. The third kappa shape index (κ3) is 4.76. The molecule has 8 heteroatoms. The van der Waals surface area contributed by atoms with Gasteiger partial charge in [-0.25, -0.2) is 8.42 Å². The minimum absolute atomic E-state index is 0. The molecule has 6 nitrogen and oxygen atoms in total. The molecule has 17 heavy (non-hydrogen) atoms. The quantitative estimate of drug-likeness (QED) is 0.352. The summed E-state index contributed by atoms with van der Waals surface area (Å²) in [7, 11) is -4.69. The van der Waals surface area contributed by atoms with Crippen LogP contribution in [0.1, 0.15) is 40.5 Å². The first-order chi connectivity index (χ1) is 6.94. The Hall–Kier alpha value is 0.790. The van der Waals surface area contributed by atoms with Crippen LogP contribution >= 0.6 is 0 Å². The van der Waals surface area contributed by atoms with Gasteiger partial charge in [0.25, 0.3) is 0 Å². The van der Waals surface area contributed by atoms with Crippen LogP contribution in [0.2, 0.25) is 0 Å². The normalized spacial score (nSPS) is 25.3. The zero-order chi connectivity index (χ0) is 12.8. The molecule has 0 spiro atoms. The maximum Gasteiger partial charge on any atom is 1.00 e. The fourth-order valence-corrected chi connectivity index (χ4v) is 2.88. The van der Waals surface area contributed by atoms with Crippen LogP contribution in [-0.4, -0.2) is 40.4 Å². The molecule has 1 fully saturated rings. The predicted molar refractivity (Wildman–Crippen MR) is 55.6 cm³/mol. The Morgan fingerprint density at radius 2 is 1.59 bits per heavy atom. The van der Waals surface area contributed by atoms with Gasteiger partial charge in [-0.15, -0.1) is 0 Å². The van der Waals surface area contributed by atoms with E-state index in [9.17, 15) is 18.2 Å². The number of hydroxylamine groups is 2. The molecular weight excluding hydrogens is 257 g/mol. The van der Waals surface area contributed by atoms with Crippen molar-refractivity contribution in [3.05, 3.63) is 0 Å². The average molecular weight is 275 g/mol. The summed E-state index contributed by atoms with van der Waals surface area (Å²) >= 11 is 0. The van der Waals surface area contributed by atoms with Gasteiger partial charge in [0.2, 0.25) is 10.4 Å². The van der Waals surface area contributed by atoms with Crippen LogP contribution in [0.3, 0.4) is 0 Å². The molecule has 1 heterocycles. The number of nitrogens with zero attached hydrogens (tertiary/aromatic N) is 1. The minimum atomic E-state index is -4.69. The monoisotopic (exact) mass is 275 g/mol. The van der Waals surface area contributed by atoms with Gasteiger partial charge >= 0.3 is 29.6 Å². The Bertz CT molecular complexity index is 350. The van der Waals surface area contributed by atoms with Gasteiger partial charge in [0.05, 0.1) is 6.10 Å². The van der Waals surface area contributed by atoms with Crippen LogP contribution in [-0.2, 0) is 14.6 Å². The van der Waals surface area contributed by atoms with E-state index < -0.39 is 27.6 Å². The largest absolute Gasteiger partial charge is 1.00 e. The summed E-state index contributed by atoms with van der Waals surface area (Å²) in [5.74, 6) is 0. The second-order valence-electron chi connectivity index (χ2n) is 5.47. The summed E-state index contributed by atoms with van der Waals surface area (Å²) in [6.45, 7) is 7.06. The molecule has 0 bridgehead atoms. The van der Waals surface area contributed by atoms with Crippen LogP contribution in [0.5, 0.6) is 0 Å². The van der Waals surface area contributed by atoms with Crippen molar-refractivity contribution < 1.29 is 51.9 Å². The molecule has 0 aromatic rings. The second kappa shape index (κ2) is 5.42. The first-order valence-electron chi connectivity index (χ1n) is 5.07. The van der Waals surface area contributed by atoms with E-state index in [2.05, 4.69) is 4.18 Å². The van der Waals surface area contributed by atoms with Gasteiger partial charge in [0, 0.05) is 11.1 Å². The zero-order valence-electron chi connectivity index (χ0n) is 10.9. The topological polar surface area (TPSA) is 89.9 Å². The smallest absolute Gasteiger partial charge is 0.726 e. The Balaban J connectivity index is 0.00000256. The molecule has 0 atom stereocenters. The van der Waals surface area contributed by atoms with Gasteiger partial charge in [-0.3, -0.25) is 4.18 Å². The third-order valence-electron chi connectivity index (χ3n) is 2.86. The van der Waals surface area contributed by atoms with E-state index in [1.807, 2.05) is 0 Å². The molecule has 0 radical (unpaired) electrons. The van der Waals surface area contributed by atoms with Crippen LogP contribution in [0, 0.1) is 0 Å². The van der Waals surface area contributed by atoms with Crippen molar-refractivity contribution >= 4 is 10.4 Å². The Morgan fingerprint density at radius 1 is 1.24 bits per heavy atom. The molecule has 0 aliphatic carbocycles. The number of hydrogen-bond donors (Lipinski definition) is 1. The molecule has 0 saturated carbocycles. The fourth-order valence-electron chi connectivity index (χ4n) is 2.41. The molecule has 96 valence electrons. The predicted octanol–water partition coefficient (Wildman–Crippen LogP) is -2.12. The number of hydrogen-bond acceptors (Lipinski definition) is 6. The van der Waals surface area contributed by atoms with Crippen LogP contribution < -0.4 is 29.6 Å². The van der Waals surface area contributed by atoms with Crippen molar-refractivity contribution in [3.8, 4) is 0 Å². The molecule has 1 saturated heterocycles. The maximum atomic E-state index is 10.5. The fraction of sp³-hybridized carbons (Fsp3) is 1.00. The molecule has 0 aromatic carbocycles. The molecule has 1 rings (SSSR count). The van der Waals surface area contributed by atoms with E-state index >= 15 is 0 Å². The number of piperidine rings is 1. The van der Waals surface area contributed by atoms with Gasteiger partial charge in [-0.1, -0.05) is 0 Å². The molecule has 0 unspecified atom stereocenters. The summed E-state index contributed by atoms with van der Waals surface area (Å²) in [6, 6.07) is 0. The van der Waals surface area contributed by atoms with Crippen LogP contribution in [0.25, 0.3) is 0 Å². The van der Waals surface area contributed by atoms with Crippen LogP contribution in [0.4, 0.5) is 0 Å². The second-order valence-corrected chi connectivity index (χ2v) is 6.48. The minimum Gasteiger partial charge on any atom is -0.726 e.